The van der Waals surface area contributed by atoms with Crippen LogP contribution in [0.4, 0.5) is 45.5 Å². The summed E-state index contributed by atoms with van der Waals surface area (Å²) in [6.07, 6.45) is 4.90. The lowest BCUT2D eigenvalue weighted by molar-refractivity contribution is 0.195. The van der Waals surface area contributed by atoms with E-state index in [1.807, 2.05) is 0 Å². The Hall–Kier alpha value is -5.00. The second kappa shape index (κ2) is 14.2. The summed E-state index contributed by atoms with van der Waals surface area (Å²) in [5.41, 5.74) is 20.2. The highest BCUT2D eigenvalue weighted by Crippen LogP contribution is 2.62. The Balaban J connectivity index is 1.32. The Morgan fingerprint density at radius 1 is 0.547 bits per heavy atom. The van der Waals surface area contributed by atoms with Crippen molar-refractivity contribution in [3.8, 4) is 0 Å². The highest BCUT2D eigenvalue weighted by atomic mass is 28.3. The molecule has 3 heterocycles. The Kier molecular flexibility index (Phi) is 9.56. The zero-order valence-electron chi connectivity index (χ0n) is 41.3. The molecule has 0 amide bonds. The highest BCUT2D eigenvalue weighted by Gasteiger charge is 2.61. The summed E-state index contributed by atoms with van der Waals surface area (Å²) in [4.78, 5) is 8.07. The van der Waals surface area contributed by atoms with Crippen LogP contribution in [-0.4, -0.2) is 20.3 Å². The molecule has 0 aromatic heterocycles. The van der Waals surface area contributed by atoms with Crippen molar-refractivity contribution in [3.63, 3.8) is 0 Å². The number of anilines is 8. The van der Waals surface area contributed by atoms with E-state index in [1.54, 1.807) is 0 Å². The van der Waals surface area contributed by atoms with E-state index >= 15 is 0 Å². The molecule has 64 heavy (non-hydrogen) atoms. The maximum absolute atomic E-state index is 2.88. The molecule has 1 fully saturated rings. The lowest BCUT2D eigenvalue weighted by Gasteiger charge is -2.53. The van der Waals surface area contributed by atoms with Crippen molar-refractivity contribution in [1.82, 2.24) is 0 Å². The van der Waals surface area contributed by atoms with Crippen LogP contribution < -0.4 is 36.3 Å². The van der Waals surface area contributed by atoms with Gasteiger partial charge in [-0.3, -0.25) is 0 Å². The molecule has 2 unspecified atom stereocenters. The van der Waals surface area contributed by atoms with Crippen molar-refractivity contribution < 1.29 is 0 Å². The molecule has 1 saturated carbocycles. The zero-order valence-corrected chi connectivity index (χ0v) is 42.3. The lowest BCUT2D eigenvalue weighted by Crippen LogP contribution is -2.64. The molecule has 5 heteroatoms. The van der Waals surface area contributed by atoms with Crippen LogP contribution in [0.15, 0.2) is 121 Å². The van der Waals surface area contributed by atoms with Gasteiger partial charge in [0.25, 0.3) is 6.71 Å². The average molecular weight is 860 g/mol. The molecule has 2 atom stereocenters. The number of hydrogen-bond acceptors (Lipinski definition) is 3. The quantitative estimate of drug-likeness (QED) is 0.160. The topological polar surface area (TPSA) is 9.72 Å². The Labute approximate surface area is 387 Å². The van der Waals surface area contributed by atoms with Crippen LogP contribution in [0.2, 0.25) is 19.6 Å². The van der Waals surface area contributed by atoms with Gasteiger partial charge in [0.1, 0.15) is 0 Å². The molecule has 1 aliphatic carbocycles. The van der Waals surface area contributed by atoms with Crippen LogP contribution in [0, 0.1) is 0 Å². The van der Waals surface area contributed by atoms with E-state index in [9.17, 15) is 0 Å². The molecule has 6 aromatic carbocycles. The normalized spacial score (nSPS) is 20.1. The van der Waals surface area contributed by atoms with Gasteiger partial charge in [-0.2, -0.15) is 0 Å². The molecule has 3 aliphatic heterocycles. The molecule has 0 bridgehead atoms. The first-order valence-electron chi connectivity index (χ1n) is 24.2. The zero-order chi connectivity index (χ0) is 45.5. The van der Waals surface area contributed by atoms with E-state index in [0.29, 0.717) is 0 Å². The van der Waals surface area contributed by atoms with E-state index < -0.39 is 8.07 Å². The summed E-state index contributed by atoms with van der Waals surface area (Å²) in [7, 11) is -1.70. The molecule has 0 N–H and O–H groups in total. The SMILES string of the molecule is CC(C)(C)c1ccc(N(c2ccc(C(C)(C)C)cc2)c2cc3c4c(c2)N2c5c(cccc5C5(C)CCCCC25C)B4c2ccc([Si](C)(C)C)cc2N3c2ccc(C(C)(C)C)cc2)cc1. The van der Waals surface area contributed by atoms with Crippen molar-refractivity contribution >= 4 is 81.9 Å². The Morgan fingerprint density at radius 2 is 1.08 bits per heavy atom. The van der Waals surface area contributed by atoms with Crippen LogP contribution in [0.25, 0.3) is 0 Å². The predicted octanol–water partition coefficient (Wildman–Crippen LogP) is 13.9. The summed E-state index contributed by atoms with van der Waals surface area (Å²) >= 11 is 0. The second-order valence-electron chi connectivity index (χ2n) is 24.3. The van der Waals surface area contributed by atoms with Crippen LogP contribution in [-0.2, 0) is 21.7 Å². The fourth-order valence-corrected chi connectivity index (χ4v) is 13.1. The second-order valence-corrected chi connectivity index (χ2v) is 29.4. The maximum Gasteiger partial charge on any atom is 0.252 e. The molecule has 3 nitrogen and oxygen atoms in total. The predicted molar refractivity (Wildman–Crippen MR) is 282 cm³/mol. The van der Waals surface area contributed by atoms with Crippen LogP contribution in [0.5, 0.6) is 0 Å². The smallest absolute Gasteiger partial charge is 0.252 e. The van der Waals surface area contributed by atoms with Crippen LogP contribution >= 0.6 is 0 Å². The summed E-state index contributed by atoms with van der Waals surface area (Å²) in [5, 5.41) is 1.49. The van der Waals surface area contributed by atoms with E-state index in [1.165, 1.54) is 115 Å². The third kappa shape index (κ3) is 6.49. The van der Waals surface area contributed by atoms with E-state index in [2.05, 4.69) is 232 Å². The molecular formula is C59H70BN3Si. The number of para-hydroxylation sites is 1. The van der Waals surface area contributed by atoms with Gasteiger partial charge in [-0.05, 0) is 129 Å². The van der Waals surface area contributed by atoms with Crippen molar-refractivity contribution in [2.24, 2.45) is 0 Å². The number of fused-ring (bicyclic) bond motifs is 7. The van der Waals surface area contributed by atoms with Gasteiger partial charge in [-0.1, -0.05) is 174 Å². The van der Waals surface area contributed by atoms with Gasteiger partial charge < -0.3 is 14.7 Å². The molecule has 0 saturated heterocycles. The number of hydrogen-bond donors (Lipinski definition) is 0. The molecule has 4 aliphatic rings. The molecule has 328 valence electrons. The number of nitrogens with zero attached hydrogens (tertiary/aromatic N) is 3. The minimum absolute atomic E-state index is 0.0330. The summed E-state index contributed by atoms with van der Waals surface area (Å²) < 4.78 is 0. The Bertz CT molecular complexity index is 2740. The average Bonchev–Trinajstić information content (AvgIpc) is 3.45. The van der Waals surface area contributed by atoms with Gasteiger partial charge in [0, 0.05) is 45.2 Å². The fourth-order valence-electron chi connectivity index (χ4n) is 11.9. The molecule has 0 radical (unpaired) electrons. The molecular weight excluding hydrogens is 790 g/mol. The van der Waals surface area contributed by atoms with Gasteiger partial charge in [-0.25, -0.2) is 0 Å². The summed E-state index contributed by atoms with van der Waals surface area (Å²) in [6.45, 7) is 33.6. The van der Waals surface area contributed by atoms with Gasteiger partial charge >= 0.3 is 0 Å². The van der Waals surface area contributed by atoms with Gasteiger partial charge in [0.15, 0.2) is 0 Å². The fraction of sp³-hybridized carbons (Fsp3) is 0.390. The van der Waals surface area contributed by atoms with Crippen LogP contribution in [0.3, 0.4) is 0 Å². The molecule has 10 rings (SSSR count). The molecule has 6 aromatic rings. The van der Waals surface area contributed by atoms with E-state index in [4.69, 9.17) is 0 Å². The maximum atomic E-state index is 2.88. The third-order valence-corrected chi connectivity index (χ3v) is 18.1. The monoisotopic (exact) mass is 860 g/mol. The molecule has 0 spiro atoms. The first kappa shape index (κ1) is 42.9. The van der Waals surface area contributed by atoms with Crippen molar-refractivity contribution in [3.05, 3.63) is 144 Å². The summed E-state index contributed by atoms with van der Waals surface area (Å²) in [6, 6.07) is 48.4. The minimum atomic E-state index is -1.70. The first-order valence-corrected chi connectivity index (χ1v) is 27.7. The largest absolute Gasteiger partial charge is 0.335 e. The lowest BCUT2D eigenvalue weighted by atomic mass is 9.33. The van der Waals surface area contributed by atoms with Gasteiger partial charge in [0.2, 0.25) is 0 Å². The van der Waals surface area contributed by atoms with E-state index in [0.717, 1.165) is 0 Å². The number of rotatable bonds is 5. The van der Waals surface area contributed by atoms with Crippen molar-refractivity contribution in [2.75, 3.05) is 14.7 Å². The third-order valence-electron chi connectivity index (χ3n) is 16.0. The van der Waals surface area contributed by atoms with Crippen molar-refractivity contribution in [1.29, 1.82) is 0 Å². The van der Waals surface area contributed by atoms with Gasteiger partial charge in [-0.15, -0.1) is 0 Å². The van der Waals surface area contributed by atoms with E-state index in [-0.39, 0.29) is 33.9 Å². The standard InChI is InChI=1S/C59H70BN3Si/c1-55(2,3)39-20-26-42(27-21-39)61(43-28-22-40(23-29-43)56(4,5)6)45-36-51-53-52(37-45)63-54-47(58(10)34-15-16-35-59(58,63)11)18-17-19-49(54)60(53)48-33-32-46(64(12,13)14)38-50(48)62(51)44-30-24-41(25-31-44)57(7,8)9/h17-33,36-38H,15-16,34-35H2,1-14H3. The number of benzene rings is 6. The van der Waals surface area contributed by atoms with Crippen LogP contribution in [0.1, 0.15) is 124 Å². The minimum Gasteiger partial charge on any atom is -0.335 e. The van der Waals surface area contributed by atoms with Crippen molar-refractivity contribution in [2.45, 2.75) is 149 Å². The summed E-state index contributed by atoms with van der Waals surface area (Å²) in [5.74, 6) is 0. The van der Waals surface area contributed by atoms with Gasteiger partial charge in [0.05, 0.1) is 19.3 Å². The Morgan fingerprint density at radius 3 is 1.62 bits per heavy atom. The first-order chi connectivity index (χ1) is 30.0. The highest BCUT2D eigenvalue weighted by molar-refractivity contribution is 7.00.